The summed E-state index contributed by atoms with van der Waals surface area (Å²) < 4.78 is 19.5. The van der Waals surface area contributed by atoms with Crippen LogP contribution in [0, 0.1) is 5.82 Å². The van der Waals surface area contributed by atoms with Gasteiger partial charge in [0.15, 0.2) is 0 Å². The molecule has 2 aromatic rings. The Kier molecular flexibility index (Phi) is 5.14. The van der Waals surface area contributed by atoms with Crippen molar-refractivity contribution < 1.29 is 19.0 Å². The maximum Gasteiger partial charge on any atom is 0.414 e. The van der Waals surface area contributed by atoms with E-state index in [1.165, 1.54) is 11.0 Å². The van der Waals surface area contributed by atoms with Gasteiger partial charge in [-0.25, -0.2) is 14.2 Å². The van der Waals surface area contributed by atoms with E-state index in [2.05, 4.69) is 17.2 Å². The van der Waals surface area contributed by atoms with Crippen molar-refractivity contribution in [2.75, 3.05) is 29.9 Å². The molecule has 0 saturated carbocycles. The van der Waals surface area contributed by atoms with Crippen LogP contribution in [0.25, 0.3) is 11.1 Å². The van der Waals surface area contributed by atoms with Crippen LogP contribution in [0.3, 0.4) is 0 Å². The largest absolute Gasteiger partial charge is 0.441 e. The Bertz CT molecular complexity index is 752. The van der Waals surface area contributed by atoms with Gasteiger partial charge < -0.3 is 15.2 Å². The third kappa shape index (κ3) is 3.71. The molecule has 1 saturated heterocycles. The van der Waals surface area contributed by atoms with Crippen LogP contribution in [0.4, 0.5) is 20.7 Å². The molecule has 2 heterocycles. The highest BCUT2D eigenvalue weighted by atomic mass is 19.1. The van der Waals surface area contributed by atoms with E-state index < -0.39 is 18.0 Å². The van der Waals surface area contributed by atoms with Gasteiger partial charge in [0, 0.05) is 23.9 Å². The second-order valence-electron chi connectivity index (χ2n) is 5.82. The number of hydrogen-bond acceptors (Lipinski definition) is 5. The lowest BCUT2D eigenvalue weighted by atomic mass is 10.1. The van der Waals surface area contributed by atoms with Gasteiger partial charge >= 0.3 is 6.09 Å². The number of nitrogens with one attached hydrogen (secondary N) is 1. The summed E-state index contributed by atoms with van der Waals surface area (Å²) in [6, 6.07) is 8.17. The number of aromatic nitrogens is 1. The molecular formula is C18H20FN3O3. The van der Waals surface area contributed by atoms with Gasteiger partial charge in [0.1, 0.15) is 17.7 Å². The number of carbonyl (C=O) groups is 1. The first kappa shape index (κ1) is 17.2. The number of hydrogen-bond donors (Lipinski definition) is 2. The van der Waals surface area contributed by atoms with Crippen molar-refractivity contribution in [1.82, 2.24) is 4.98 Å². The molecule has 2 N–H and O–H groups in total. The van der Waals surface area contributed by atoms with Gasteiger partial charge in [-0.3, -0.25) is 4.90 Å². The minimum Gasteiger partial charge on any atom is -0.441 e. The third-order valence-corrected chi connectivity index (χ3v) is 3.97. The number of cyclic esters (lactones) is 1. The predicted octanol–water partition coefficient (Wildman–Crippen LogP) is 3.03. The van der Waals surface area contributed by atoms with Gasteiger partial charge in [-0.1, -0.05) is 6.92 Å². The van der Waals surface area contributed by atoms with Gasteiger partial charge in [0.05, 0.1) is 18.8 Å². The summed E-state index contributed by atoms with van der Waals surface area (Å²) in [5.74, 6) is 0.298. The maximum absolute atomic E-state index is 14.5. The maximum atomic E-state index is 14.5. The average Bonchev–Trinajstić information content (AvgIpc) is 3.01. The number of anilines is 2. The zero-order chi connectivity index (χ0) is 17.8. The molecule has 1 aliphatic rings. The van der Waals surface area contributed by atoms with E-state index in [9.17, 15) is 9.18 Å². The van der Waals surface area contributed by atoms with Crippen LogP contribution >= 0.6 is 0 Å². The van der Waals surface area contributed by atoms with Gasteiger partial charge in [-0.15, -0.1) is 0 Å². The van der Waals surface area contributed by atoms with E-state index in [1.54, 1.807) is 24.4 Å². The molecule has 0 aliphatic carbocycles. The lowest BCUT2D eigenvalue weighted by Crippen LogP contribution is -2.25. The van der Waals surface area contributed by atoms with Crippen molar-refractivity contribution >= 4 is 17.6 Å². The van der Waals surface area contributed by atoms with Crippen molar-refractivity contribution in [2.24, 2.45) is 0 Å². The summed E-state index contributed by atoms with van der Waals surface area (Å²) in [6.45, 7) is 2.84. The molecule has 0 bridgehead atoms. The minimum absolute atomic E-state index is 0.202. The Balaban J connectivity index is 1.79. The topological polar surface area (TPSA) is 74.7 Å². The van der Waals surface area contributed by atoms with Crippen LogP contribution < -0.4 is 10.2 Å². The molecule has 0 radical (unpaired) electrons. The summed E-state index contributed by atoms with van der Waals surface area (Å²) in [4.78, 5) is 17.4. The molecular weight excluding hydrogens is 325 g/mol. The quantitative estimate of drug-likeness (QED) is 0.842. The van der Waals surface area contributed by atoms with E-state index >= 15 is 0 Å². The molecule has 6 nitrogen and oxygen atoms in total. The summed E-state index contributed by atoms with van der Waals surface area (Å²) in [5.41, 5.74) is 1.46. The second kappa shape index (κ2) is 7.48. The van der Waals surface area contributed by atoms with Crippen LogP contribution in [-0.2, 0) is 4.74 Å². The smallest absolute Gasteiger partial charge is 0.414 e. The van der Waals surface area contributed by atoms with E-state index in [-0.39, 0.29) is 13.2 Å². The first-order valence-electron chi connectivity index (χ1n) is 8.21. The lowest BCUT2D eigenvalue weighted by Gasteiger charge is -2.14. The molecule has 7 heteroatoms. The van der Waals surface area contributed by atoms with Crippen LogP contribution in [0.15, 0.2) is 36.5 Å². The van der Waals surface area contributed by atoms with Crippen LogP contribution in [0.1, 0.15) is 13.3 Å². The number of halogens is 1. The number of pyridine rings is 1. The van der Waals surface area contributed by atoms with Crippen LogP contribution in [0.2, 0.25) is 0 Å². The van der Waals surface area contributed by atoms with Crippen molar-refractivity contribution in [1.29, 1.82) is 0 Å². The SMILES string of the molecule is CCCNc1ccc(-c2ccc(N3C[C@H](CO)OC3=O)cc2F)cn1. The van der Waals surface area contributed by atoms with Crippen molar-refractivity contribution in [2.45, 2.75) is 19.4 Å². The third-order valence-electron chi connectivity index (χ3n) is 3.97. The summed E-state index contributed by atoms with van der Waals surface area (Å²) in [6.07, 6.45) is 1.44. The Morgan fingerprint density at radius 3 is 2.84 bits per heavy atom. The van der Waals surface area contributed by atoms with Crippen molar-refractivity contribution in [3.63, 3.8) is 0 Å². The first-order chi connectivity index (χ1) is 12.1. The number of benzene rings is 1. The lowest BCUT2D eigenvalue weighted by molar-refractivity contribution is 0.0963. The molecule has 0 spiro atoms. The number of amides is 1. The van der Waals surface area contributed by atoms with Gasteiger partial charge in [-0.2, -0.15) is 0 Å². The zero-order valence-corrected chi connectivity index (χ0v) is 13.9. The van der Waals surface area contributed by atoms with E-state index in [0.717, 1.165) is 18.8 Å². The van der Waals surface area contributed by atoms with E-state index in [4.69, 9.17) is 9.84 Å². The highest BCUT2D eigenvalue weighted by Gasteiger charge is 2.32. The summed E-state index contributed by atoms with van der Waals surface area (Å²) in [7, 11) is 0. The van der Waals surface area contributed by atoms with E-state index in [0.29, 0.717) is 16.8 Å². The number of aliphatic hydroxyl groups excluding tert-OH is 1. The number of ether oxygens (including phenoxy) is 1. The second-order valence-corrected chi connectivity index (χ2v) is 5.82. The molecule has 25 heavy (non-hydrogen) atoms. The van der Waals surface area contributed by atoms with Gasteiger partial charge in [0.2, 0.25) is 0 Å². The molecule has 1 fully saturated rings. The Labute approximate surface area is 145 Å². The molecule has 1 aromatic heterocycles. The fraction of sp³-hybridized carbons (Fsp3) is 0.333. The number of rotatable bonds is 6. The summed E-state index contributed by atoms with van der Waals surface area (Å²) in [5, 5.41) is 12.2. The highest BCUT2D eigenvalue weighted by molar-refractivity contribution is 5.90. The number of aliphatic hydroxyl groups is 1. The van der Waals surface area contributed by atoms with Gasteiger partial charge in [-0.05, 0) is 36.8 Å². The molecule has 132 valence electrons. The Hall–Kier alpha value is -2.67. The first-order valence-corrected chi connectivity index (χ1v) is 8.21. The molecule has 1 amide bonds. The summed E-state index contributed by atoms with van der Waals surface area (Å²) >= 11 is 0. The molecule has 1 aromatic carbocycles. The molecule has 3 rings (SSSR count). The number of carbonyl (C=O) groups excluding carboxylic acids is 1. The molecule has 1 atom stereocenters. The highest BCUT2D eigenvalue weighted by Crippen LogP contribution is 2.29. The fourth-order valence-corrected chi connectivity index (χ4v) is 2.64. The van der Waals surface area contributed by atoms with Gasteiger partial charge in [0.25, 0.3) is 0 Å². The van der Waals surface area contributed by atoms with Crippen molar-refractivity contribution in [3.05, 3.63) is 42.3 Å². The predicted molar refractivity (Wildman–Crippen MR) is 93.1 cm³/mol. The monoisotopic (exact) mass is 345 g/mol. The normalized spacial score (nSPS) is 16.8. The number of nitrogens with zero attached hydrogens (tertiary/aromatic N) is 2. The zero-order valence-electron chi connectivity index (χ0n) is 13.9. The van der Waals surface area contributed by atoms with Crippen molar-refractivity contribution in [3.8, 4) is 11.1 Å². The van der Waals surface area contributed by atoms with Crippen LogP contribution in [-0.4, -0.2) is 42.0 Å². The molecule has 0 unspecified atom stereocenters. The fourth-order valence-electron chi connectivity index (χ4n) is 2.64. The molecule has 1 aliphatic heterocycles. The Morgan fingerprint density at radius 2 is 2.24 bits per heavy atom. The Morgan fingerprint density at radius 1 is 1.40 bits per heavy atom. The standard InChI is InChI=1S/C18H20FN3O3/c1-2-7-20-17-6-3-12(9-21-17)15-5-4-13(8-16(15)19)22-10-14(11-23)25-18(22)24/h3-6,8-9,14,23H,2,7,10-11H2,1H3,(H,20,21)/t14-/m1/s1. The minimum atomic E-state index is -0.584. The van der Waals surface area contributed by atoms with Crippen LogP contribution in [0.5, 0.6) is 0 Å². The van der Waals surface area contributed by atoms with E-state index in [1.807, 2.05) is 6.07 Å². The average molecular weight is 345 g/mol.